The van der Waals surface area contributed by atoms with Gasteiger partial charge in [0.25, 0.3) is 0 Å². The summed E-state index contributed by atoms with van der Waals surface area (Å²) in [5.74, 6) is 0. The summed E-state index contributed by atoms with van der Waals surface area (Å²) < 4.78 is 2.19. The van der Waals surface area contributed by atoms with Crippen LogP contribution in [0.15, 0.2) is 27.1 Å². The minimum absolute atomic E-state index is 0.152. The Kier molecular flexibility index (Phi) is 8.20. The SMILES string of the molecule is CCCCCCCCC(N)c1ccc(Br)cc1Br. The van der Waals surface area contributed by atoms with Crippen molar-refractivity contribution in [1.29, 1.82) is 0 Å². The van der Waals surface area contributed by atoms with E-state index in [1.165, 1.54) is 44.1 Å². The van der Waals surface area contributed by atoms with Gasteiger partial charge in [-0.1, -0.05) is 83.4 Å². The van der Waals surface area contributed by atoms with Crippen LogP contribution in [0.5, 0.6) is 0 Å². The molecule has 2 N–H and O–H groups in total. The first-order chi connectivity index (χ1) is 8.65. The molecule has 0 bridgehead atoms. The molecule has 0 aliphatic carbocycles. The summed E-state index contributed by atoms with van der Waals surface area (Å²) >= 11 is 7.04. The van der Waals surface area contributed by atoms with Crippen LogP contribution in [0.4, 0.5) is 0 Å². The van der Waals surface area contributed by atoms with Crippen LogP contribution in [0.2, 0.25) is 0 Å². The Hall–Kier alpha value is 0.140. The summed E-state index contributed by atoms with van der Waals surface area (Å²) in [6.45, 7) is 2.25. The lowest BCUT2D eigenvalue weighted by Gasteiger charge is -2.14. The molecule has 1 rings (SSSR count). The Balaban J connectivity index is 2.29. The summed E-state index contributed by atoms with van der Waals surface area (Å²) in [4.78, 5) is 0. The zero-order valence-electron chi connectivity index (χ0n) is 11.1. The molecule has 102 valence electrons. The van der Waals surface area contributed by atoms with Crippen LogP contribution in [0.3, 0.4) is 0 Å². The lowest BCUT2D eigenvalue weighted by Crippen LogP contribution is -2.10. The number of halogens is 2. The van der Waals surface area contributed by atoms with Crippen LogP contribution in [0.1, 0.15) is 63.5 Å². The normalized spacial score (nSPS) is 12.7. The third-order valence-electron chi connectivity index (χ3n) is 3.23. The summed E-state index contributed by atoms with van der Waals surface area (Å²) in [6.07, 6.45) is 9.01. The van der Waals surface area contributed by atoms with E-state index in [4.69, 9.17) is 5.73 Å². The Bertz CT molecular complexity index is 352. The van der Waals surface area contributed by atoms with Gasteiger partial charge in [-0.2, -0.15) is 0 Å². The number of rotatable bonds is 8. The first-order valence-electron chi connectivity index (χ1n) is 6.85. The van der Waals surface area contributed by atoms with Gasteiger partial charge < -0.3 is 5.73 Å². The third kappa shape index (κ3) is 5.85. The van der Waals surface area contributed by atoms with E-state index >= 15 is 0 Å². The van der Waals surface area contributed by atoms with Gasteiger partial charge in [0.2, 0.25) is 0 Å². The molecule has 0 aliphatic heterocycles. The summed E-state index contributed by atoms with van der Waals surface area (Å²) in [7, 11) is 0. The van der Waals surface area contributed by atoms with Crippen molar-refractivity contribution in [3.05, 3.63) is 32.7 Å². The average molecular weight is 377 g/mol. The molecular weight excluding hydrogens is 354 g/mol. The fourth-order valence-corrected chi connectivity index (χ4v) is 3.44. The van der Waals surface area contributed by atoms with Gasteiger partial charge in [-0.3, -0.25) is 0 Å². The molecule has 0 saturated heterocycles. The smallest absolute Gasteiger partial charge is 0.0306 e. The Morgan fingerprint density at radius 2 is 1.72 bits per heavy atom. The molecule has 0 saturated carbocycles. The molecule has 0 aliphatic rings. The molecule has 0 heterocycles. The number of unbranched alkanes of at least 4 members (excludes halogenated alkanes) is 5. The van der Waals surface area contributed by atoms with E-state index in [2.05, 4.69) is 57.0 Å². The molecule has 0 amide bonds. The van der Waals surface area contributed by atoms with Gasteiger partial charge >= 0.3 is 0 Å². The van der Waals surface area contributed by atoms with Crippen molar-refractivity contribution in [1.82, 2.24) is 0 Å². The molecule has 0 spiro atoms. The highest BCUT2D eigenvalue weighted by Crippen LogP contribution is 2.28. The van der Waals surface area contributed by atoms with Crippen molar-refractivity contribution in [2.45, 2.75) is 57.9 Å². The Morgan fingerprint density at radius 3 is 2.39 bits per heavy atom. The first kappa shape index (κ1) is 16.2. The summed E-state index contributed by atoms with van der Waals surface area (Å²) in [6, 6.07) is 6.38. The lowest BCUT2D eigenvalue weighted by atomic mass is 10.0. The van der Waals surface area contributed by atoms with Crippen molar-refractivity contribution in [3.63, 3.8) is 0 Å². The van der Waals surface area contributed by atoms with Crippen LogP contribution < -0.4 is 5.73 Å². The number of nitrogens with two attached hydrogens (primary N) is 1. The van der Waals surface area contributed by atoms with Crippen LogP contribution in [-0.2, 0) is 0 Å². The van der Waals surface area contributed by atoms with E-state index in [0.717, 1.165) is 15.4 Å². The summed E-state index contributed by atoms with van der Waals surface area (Å²) in [5.41, 5.74) is 7.46. The van der Waals surface area contributed by atoms with Crippen molar-refractivity contribution in [2.24, 2.45) is 5.73 Å². The third-order valence-corrected chi connectivity index (χ3v) is 4.41. The molecular formula is C15H23Br2N. The van der Waals surface area contributed by atoms with Gasteiger partial charge in [-0.15, -0.1) is 0 Å². The maximum absolute atomic E-state index is 6.24. The average Bonchev–Trinajstić information content (AvgIpc) is 2.33. The topological polar surface area (TPSA) is 26.0 Å². The maximum atomic E-state index is 6.24. The molecule has 0 fully saturated rings. The second-order valence-corrected chi connectivity index (χ2v) is 6.60. The lowest BCUT2D eigenvalue weighted by molar-refractivity contribution is 0.546. The molecule has 0 aromatic heterocycles. The van der Waals surface area contributed by atoms with Crippen LogP contribution in [0.25, 0.3) is 0 Å². The minimum atomic E-state index is 0.152. The molecule has 1 nitrogen and oxygen atoms in total. The molecule has 1 aromatic rings. The van der Waals surface area contributed by atoms with Crippen LogP contribution >= 0.6 is 31.9 Å². The number of benzene rings is 1. The highest BCUT2D eigenvalue weighted by Gasteiger charge is 2.09. The predicted molar refractivity (Wildman–Crippen MR) is 86.8 cm³/mol. The fourth-order valence-electron chi connectivity index (χ4n) is 2.10. The zero-order valence-corrected chi connectivity index (χ0v) is 14.3. The minimum Gasteiger partial charge on any atom is -0.324 e. The van der Waals surface area contributed by atoms with Gasteiger partial charge in [0.1, 0.15) is 0 Å². The fraction of sp³-hybridized carbons (Fsp3) is 0.600. The van der Waals surface area contributed by atoms with Crippen molar-refractivity contribution in [3.8, 4) is 0 Å². The van der Waals surface area contributed by atoms with Crippen molar-refractivity contribution in [2.75, 3.05) is 0 Å². The van der Waals surface area contributed by atoms with Crippen LogP contribution in [0, 0.1) is 0 Å². The largest absolute Gasteiger partial charge is 0.324 e. The van der Waals surface area contributed by atoms with E-state index in [-0.39, 0.29) is 6.04 Å². The quantitative estimate of drug-likeness (QED) is 0.556. The van der Waals surface area contributed by atoms with E-state index in [1.807, 2.05) is 0 Å². The molecule has 1 aromatic carbocycles. The monoisotopic (exact) mass is 375 g/mol. The first-order valence-corrected chi connectivity index (χ1v) is 8.44. The van der Waals surface area contributed by atoms with Crippen molar-refractivity contribution < 1.29 is 0 Å². The van der Waals surface area contributed by atoms with Gasteiger partial charge in [0.15, 0.2) is 0 Å². The van der Waals surface area contributed by atoms with E-state index in [1.54, 1.807) is 0 Å². The maximum Gasteiger partial charge on any atom is 0.0306 e. The molecule has 18 heavy (non-hydrogen) atoms. The molecule has 1 atom stereocenters. The van der Waals surface area contributed by atoms with Gasteiger partial charge in [0.05, 0.1) is 0 Å². The number of hydrogen-bond acceptors (Lipinski definition) is 1. The van der Waals surface area contributed by atoms with Crippen molar-refractivity contribution >= 4 is 31.9 Å². The predicted octanol–water partition coefficient (Wildman–Crippen LogP) is 5.96. The van der Waals surface area contributed by atoms with Crippen LogP contribution in [-0.4, -0.2) is 0 Å². The van der Waals surface area contributed by atoms with Gasteiger partial charge in [0, 0.05) is 15.0 Å². The van der Waals surface area contributed by atoms with E-state index in [9.17, 15) is 0 Å². The molecule has 3 heteroatoms. The Morgan fingerprint density at radius 1 is 1.06 bits per heavy atom. The van der Waals surface area contributed by atoms with E-state index in [0.29, 0.717) is 0 Å². The summed E-state index contributed by atoms with van der Waals surface area (Å²) in [5, 5.41) is 0. The number of hydrogen-bond donors (Lipinski definition) is 1. The second-order valence-electron chi connectivity index (χ2n) is 4.83. The highest BCUT2D eigenvalue weighted by molar-refractivity contribution is 9.11. The second kappa shape index (κ2) is 9.11. The van der Waals surface area contributed by atoms with Gasteiger partial charge in [-0.05, 0) is 24.1 Å². The zero-order chi connectivity index (χ0) is 13.4. The standard InChI is InChI=1S/C15H23Br2N/c1-2-3-4-5-6-7-8-15(18)13-10-9-12(16)11-14(13)17/h9-11,15H,2-8,18H2,1H3. The van der Waals surface area contributed by atoms with Gasteiger partial charge in [-0.25, -0.2) is 0 Å². The van der Waals surface area contributed by atoms with E-state index < -0.39 is 0 Å². The highest BCUT2D eigenvalue weighted by atomic mass is 79.9. The molecule has 1 unspecified atom stereocenters. The Labute approximate surface area is 128 Å². The molecule has 0 radical (unpaired) electrons.